The molecule has 21 heavy (non-hydrogen) atoms. The van der Waals surface area contributed by atoms with Crippen LogP contribution in [-0.2, 0) is 14.3 Å². The molecule has 1 aromatic carbocycles. The maximum absolute atomic E-state index is 12.1. The van der Waals surface area contributed by atoms with Gasteiger partial charge in [0, 0.05) is 5.92 Å². The smallest absolute Gasteiger partial charge is 0.408 e. The van der Waals surface area contributed by atoms with Crippen molar-refractivity contribution in [3.63, 3.8) is 0 Å². The number of carbonyl (C=O) groups is 2. The Labute approximate surface area is 124 Å². The van der Waals surface area contributed by atoms with Gasteiger partial charge in [-0.3, -0.25) is 0 Å². The molecule has 1 fully saturated rings. The molecule has 0 heterocycles. The number of methoxy groups -OCH3 is 1. The highest BCUT2D eigenvalue weighted by molar-refractivity contribution is 5.91. The van der Waals surface area contributed by atoms with Gasteiger partial charge in [-0.1, -0.05) is 30.3 Å². The highest BCUT2D eigenvalue weighted by Crippen LogP contribution is 2.52. The van der Waals surface area contributed by atoms with Gasteiger partial charge in [0.15, 0.2) is 0 Å². The number of nitrogens with one attached hydrogen (secondary N) is 1. The van der Waals surface area contributed by atoms with E-state index in [-0.39, 0.29) is 5.92 Å². The molecule has 0 aromatic heterocycles. The highest BCUT2D eigenvalue weighted by atomic mass is 16.6. The summed E-state index contributed by atoms with van der Waals surface area (Å²) in [7, 11) is 1.32. The first-order valence-corrected chi connectivity index (χ1v) is 6.93. The van der Waals surface area contributed by atoms with E-state index in [0.29, 0.717) is 6.42 Å². The number of esters is 1. The summed E-state index contributed by atoms with van der Waals surface area (Å²) in [5, 5.41) is 2.69. The fourth-order valence-electron chi connectivity index (χ4n) is 2.43. The van der Waals surface area contributed by atoms with Crippen LogP contribution in [0.1, 0.15) is 38.7 Å². The van der Waals surface area contributed by atoms with Crippen molar-refractivity contribution < 1.29 is 19.1 Å². The zero-order valence-electron chi connectivity index (χ0n) is 12.8. The van der Waals surface area contributed by atoms with Crippen LogP contribution in [0, 0.1) is 0 Å². The van der Waals surface area contributed by atoms with Gasteiger partial charge in [-0.25, -0.2) is 9.59 Å². The summed E-state index contributed by atoms with van der Waals surface area (Å²) < 4.78 is 10.1. The second-order valence-corrected chi connectivity index (χ2v) is 6.26. The molecule has 5 heteroatoms. The Balaban J connectivity index is 2.15. The summed E-state index contributed by atoms with van der Waals surface area (Å²) in [6.07, 6.45) is -0.0885. The van der Waals surface area contributed by atoms with Crippen molar-refractivity contribution in [2.24, 2.45) is 0 Å². The molecule has 1 aromatic rings. The second-order valence-electron chi connectivity index (χ2n) is 6.26. The fraction of sp³-hybridized carbons (Fsp3) is 0.500. The molecule has 1 aliphatic rings. The molecule has 1 saturated carbocycles. The first-order valence-electron chi connectivity index (χ1n) is 6.93. The van der Waals surface area contributed by atoms with E-state index < -0.39 is 23.2 Å². The zero-order valence-corrected chi connectivity index (χ0v) is 12.8. The molecule has 1 amide bonds. The van der Waals surface area contributed by atoms with Crippen molar-refractivity contribution in [3.05, 3.63) is 35.9 Å². The van der Waals surface area contributed by atoms with Crippen LogP contribution in [0.4, 0.5) is 4.79 Å². The SMILES string of the molecule is COC(=O)[C@]1(NC(=O)OC(C)(C)C)C[C@H]1c1ccccc1. The Morgan fingerprint density at radius 3 is 2.38 bits per heavy atom. The van der Waals surface area contributed by atoms with Crippen LogP contribution in [0.2, 0.25) is 0 Å². The maximum Gasteiger partial charge on any atom is 0.408 e. The largest absolute Gasteiger partial charge is 0.467 e. The monoisotopic (exact) mass is 291 g/mol. The van der Waals surface area contributed by atoms with Gasteiger partial charge in [-0.15, -0.1) is 0 Å². The van der Waals surface area contributed by atoms with E-state index in [0.717, 1.165) is 5.56 Å². The van der Waals surface area contributed by atoms with Crippen LogP contribution in [-0.4, -0.2) is 30.3 Å². The number of rotatable bonds is 3. The van der Waals surface area contributed by atoms with Crippen LogP contribution in [0.25, 0.3) is 0 Å². The van der Waals surface area contributed by atoms with Crippen molar-refractivity contribution in [1.29, 1.82) is 0 Å². The summed E-state index contributed by atoms with van der Waals surface area (Å²) in [6, 6.07) is 9.59. The standard InChI is InChI=1S/C16H21NO4/c1-15(2,3)21-14(19)17-16(13(18)20-4)10-12(16)11-8-6-5-7-9-11/h5-9,12H,10H2,1-4H3,(H,17,19)/t12-,16-/m0/s1. The van der Waals surface area contributed by atoms with Crippen molar-refractivity contribution in [3.8, 4) is 0 Å². The first-order chi connectivity index (χ1) is 9.78. The first kappa shape index (κ1) is 15.4. The molecule has 0 unspecified atom stereocenters. The summed E-state index contributed by atoms with van der Waals surface area (Å²) in [5.74, 6) is -0.527. The lowest BCUT2D eigenvalue weighted by atomic mass is 10.1. The Morgan fingerprint density at radius 2 is 1.86 bits per heavy atom. The van der Waals surface area contributed by atoms with E-state index in [1.807, 2.05) is 30.3 Å². The molecule has 0 saturated heterocycles. The van der Waals surface area contributed by atoms with Gasteiger partial charge in [0.25, 0.3) is 0 Å². The number of ether oxygens (including phenoxy) is 2. The second kappa shape index (κ2) is 5.39. The number of hydrogen-bond acceptors (Lipinski definition) is 4. The van der Waals surface area contributed by atoms with E-state index in [1.165, 1.54) is 7.11 Å². The molecule has 2 atom stereocenters. The summed E-state index contributed by atoms with van der Waals surface area (Å²) in [5.41, 5.74) is -0.629. The Hall–Kier alpha value is -2.04. The van der Waals surface area contributed by atoms with Crippen molar-refractivity contribution in [1.82, 2.24) is 5.32 Å². The van der Waals surface area contributed by atoms with Gasteiger partial charge in [0.05, 0.1) is 7.11 Å². The Kier molecular flexibility index (Phi) is 3.94. The van der Waals surface area contributed by atoms with Crippen LogP contribution in [0.15, 0.2) is 30.3 Å². The molecule has 114 valence electrons. The number of hydrogen-bond donors (Lipinski definition) is 1. The molecule has 1 N–H and O–H groups in total. The maximum atomic E-state index is 12.1. The quantitative estimate of drug-likeness (QED) is 0.869. The predicted molar refractivity (Wildman–Crippen MR) is 77.9 cm³/mol. The average Bonchev–Trinajstić information content (AvgIpc) is 3.12. The summed E-state index contributed by atoms with van der Waals surface area (Å²) >= 11 is 0. The number of carbonyl (C=O) groups excluding carboxylic acids is 2. The lowest BCUT2D eigenvalue weighted by Crippen LogP contribution is -2.47. The minimum atomic E-state index is -1.02. The van der Waals surface area contributed by atoms with Crippen LogP contribution >= 0.6 is 0 Å². The van der Waals surface area contributed by atoms with Crippen molar-refractivity contribution in [2.45, 2.75) is 44.2 Å². The van der Waals surface area contributed by atoms with Gasteiger partial charge < -0.3 is 14.8 Å². The van der Waals surface area contributed by atoms with Crippen molar-refractivity contribution in [2.75, 3.05) is 7.11 Å². The van der Waals surface area contributed by atoms with Gasteiger partial charge in [-0.05, 0) is 32.8 Å². The van der Waals surface area contributed by atoms with Gasteiger partial charge in [0.2, 0.25) is 0 Å². The number of benzene rings is 1. The average molecular weight is 291 g/mol. The normalized spacial score (nSPS) is 24.1. The molecule has 0 bridgehead atoms. The summed E-state index contributed by atoms with van der Waals surface area (Å²) in [4.78, 5) is 24.1. The molecule has 5 nitrogen and oxygen atoms in total. The predicted octanol–water partition coefficient (Wildman–Crippen LogP) is 2.61. The zero-order chi connectivity index (χ0) is 15.7. The molecular weight excluding hydrogens is 270 g/mol. The molecule has 0 spiro atoms. The minimum absolute atomic E-state index is 0.0846. The van der Waals surface area contributed by atoms with Crippen LogP contribution < -0.4 is 5.32 Å². The Morgan fingerprint density at radius 1 is 1.24 bits per heavy atom. The van der Waals surface area contributed by atoms with Crippen LogP contribution in [0.5, 0.6) is 0 Å². The molecule has 1 aliphatic carbocycles. The molecule has 0 radical (unpaired) electrons. The van der Waals surface area contributed by atoms with E-state index in [1.54, 1.807) is 20.8 Å². The van der Waals surface area contributed by atoms with E-state index in [4.69, 9.17) is 9.47 Å². The van der Waals surface area contributed by atoms with Gasteiger partial charge in [-0.2, -0.15) is 0 Å². The van der Waals surface area contributed by atoms with E-state index >= 15 is 0 Å². The fourth-order valence-corrected chi connectivity index (χ4v) is 2.43. The topological polar surface area (TPSA) is 64.6 Å². The third-order valence-corrected chi connectivity index (χ3v) is 3.44. The van der Waals surface area contributed by atoms with Gasteiger partial charge in [0.1, 0.15) is 11.1 Å². The highest BCUT2D eigenvalue weighted by Gasteiger charge is 2.63. The minimum Gasteiger partial charge on any atom is -0.467 e. The van der Waals surface area contributed by atoms with E-state index in [9.17, 15) is 9.59 Å². The Bertz CT molecular complexity index is 535. The molecule has 0 aliphatic heterocycles. The lowest BCUT2D eigenvalue weighted by Gasteiger charge is -2.23. The molecular formula is C16H21NO4. The molecule has 2 rings (SSSR count). The lowest BCUT2D eigenvalue weighted by molar-refractivity contribution is -0.144. The summed E-state index contributed by atoms with van der Waals surface area (Å²) in [6.45, 7) is 5.33. The van der Waals surface area contributed by atoms with Gasteiger partial charge >= 0.3 is 12.1 Å². The number of amides is 1. The number of alkyl carbamates (subject to hydrolysis) is 1. The van der Waals surface area contributed by atoms with Crippen LogP contribution in [0.3, 0.4) is 0 Å². The van der Waals surface area contributed by atoms with E-state index in [2.05, 4.69) is 5.32 Å². The third-order valence-electron chi connectivity index (χ3n) is 3.44. The third kappa shape index (κ3) is 3.35. The van der Waals surface area contributed by atoms with Crippen molar-refractivity contribution >= 4 is 12.1 Å².